The molecule has 0 saturated heterocycles. The fraction of sp³-hybridized carbons (Fsp3) is 0.143. The average molecular weight is 567 g/mol. The number of nitrogens with one attached hydrogen (secondary N) is 1. The second-order valence-electron chi connectivity index (χ2n) is 10.8. The van der Waals surface area contributed by atoms with Crippen molar-refractivity contribution < 1.29 is 9.53 Å². The summed E-state index contributed by atoms with van der Waals surface area (Å²) < 4.78 is 6.87. The number of para-hydroxylation sites is 3. The van der Waals surface area contributed by atoms with Gasteiger partial charge in [0.15, 0.2) is 17.5 Å². The molecule has 2 aliphatic heterocycles. The van der Waals surface area contributed by atoms with E-state index in [9.17, 15) is 4.79 Å². The van der Waals surface area contributed by atoms with E-state index < -0.39 is 0 Å². The summed E-state index contributed by atoms with van der Waals surface area (Å²) in [5, 5.41) is 8.57. The van der Waals surface area contributed by atoms with Gasteiger partial charge in [-0.25, -0.2) is 19.5 Å². The smallest absolute Gasteiger partial charge is 0.337 e. The molecule has 1 atom stereocenters. The highest BCUT2D eigenvalue weighted by atomic mass is 16.5. The van der Waals surface area contributed by atoms with E-state index in [2.05, 4.69) is 48.3 Å². The molecule has 7 rings (SSSR count). The van der Waals surface area contributed by atoms with Gasteiger partial charge in [-0.1, -0.05) is 60.2 Å². The largest absolute Gasteiger partial charge is 0.465 e. The topological polar surface area (TPSA) is 84.1 Å². The number of ether oxygens (including phenoxy) is 1. The van der Waals surface area contributed by atoms with Gasteiger partial charge in [0.1, 0.15) is 0 Å². The number of aliphatic imine (C=N–C) groups is 2. The number of methoxy groups -OCH3 is 1. The van der Waals surface area contributed by atoms with E-state index in [0.717, 1.165) is 51.0 Å². The predicted octanol–water partition coefficient (Wildman–Crippen LogP) is 7.38. The minimum absolute atomic E-state index is 0.292. The molecular weight excluding hydrogens is 536 g/mol. The van der Waals surface area contributed by atoms with Gasteiger partial charge in [-0.15, -0.1) is 0 Å². The second-order valence-corrected chi connectivity index (χ2v) is 10.8. The molecule has 5 aromatic rings. The van der Waals surface area contributed by atoms with E-state index in [4.69, 9.17) is 19.8 Å². The van der Waals surface area contributed by atoms with E-state index in [1.165, 1.54) is 12.7 Å². The number of benzene rings is 4. The number of rotatable bonds is 4. The maximum atomic E-state index is 12.3. The molecule has 8 heteroatoms. The summed E-state index contributed by atoms with van der Waals surface area (Å²) in [5.41, 5.74) is 9.28. The molecule has 0 radical (unpaired) electrons. The lowest BCUT2D eigenvalue weighted by Crippen LogP contribution is -2.48. The quantitative estimate of drug-likeness (QED) is 0.230. The third kappa shape index (κ3) is 4.48. The summed E-state index contributed by atoms with van der Waals surface area (Å²) in [6.45, 7) is 6.17. The number of fused-ring (bicyclic) bond motifs is 4. The normalized spacial score (nSPS) is 16.1. The van der Waals surface area contributed by atoms with Crippen LogP contribution in [-0.4, -0.2) is 34.5 Å². The van der Waals surface area contributed by atoms with Crippen LogP contribution in [0, 0.1) is 20.8 Å². The number of carbonyl (C=O) groups excluding carboxylic acids is 1. The van der Waals surface area contributed by atoms with Crippen LogP contribution in [0.25, 0.3) is 5.69 Å². The maximum Gasteiger partial charge on any atom is 0.337 e. The maximum absolute atomic E-state index is 12.3. The Hall–Kier alpha value is -5.50. The summed E-state index contributed by atoms with van der Waals surface area (Å²) in [6, 6.07) is 31.7. The molecule has 0 saturated carbocycles. The van der Waals surface area contributed by atoms with Crippen molar-refractivity contribution in [2.24, 2.45) is 9.98 Å². The first kappa shape index (κ1) is 26.4. The van der Waals surface area contributed by atoms with Gasteiger partial charge in [0.25, 0.3) is 0 Å². The minimum atomic E-state index is -0.374. The molecule has 0 aliphatic carbocycles. The molecule has 1 unspecified atom stereocenters. The van der Waals surface area contributed by atoms with Crippen molar-refractivity contribution in [2.75, 3.05) is 17.3 Å². The molecule has 1 N–H and O–H groups in total. The minimum Gasteiger partial charge on any atom is -0.465 e. The first-order chi connectivity index (χ1) is 20.9. The summed E-state index contributed by atoms with van der Waals surface area (Å²) in [4.78, 5) is 25.0. The highest BCUT2D eigenvalue weighted by Crippen LogP contribution is 2.47. The van der Waals surface area contributed by atoms with Crippen LogP contribution in [-0.2, 0) is 4.74 Å². The van der Waals surface area contributed by atoms with Gasteiger partial charge in [0, 0.05) is 5.56 Å². The Labute approximate surface area is 250 Å². The van der Waals surface area contributed by atoms with Gasteiger partial charge >= 0.3 is 5.97 Å². The summed E-state index contributed by atoms with van der Waals surface area (Å²) >= 11 is 0. The zero-order chi connectivity index (χ0) is 29.7. The molecule has 0 fully saturated rings. The standard InChI is InChI=1S/C35H30N6O2/c1-21-14-19-27(22(2)20-21)36-32-34-38-33-30(23(3)39-41(33)26-10-6-5-7-11-26)31(24-15-17-25(18-16-24)35(42)43-4)40(34)29-13-9-8-12-28(29)37-32/h5-20,31H,1-4H3,(H,36,37). The lowest BCUT2D eigenvalue weighted by atomic mass is 9.92. The molecule has 0 bridgehead atoms. The lowest BCUT2D eigenvalue weighted by molar-refractivity contribution is 0.0600. The highest BCUT2D eigenvalue weighted by molar-refractivity contribution is 6.52. The van der Waals surface area contributed by atoms with Crippen LogP contribution in [0.2, 0.25) is 0 Å². The van der Waals surface area contributed by atoms with Crippen LogP contribution in [0.5, 0.6) is 0 Å². The SMILES string of the molecule is COC(=O)c1ccc(C2c3c(C)nn(-c4ccccc4)c3N=C3C(=Nc4ccc(C)cc4C)Nc4ccccc4N32)cc1. The average Bonchev–Trinajstić information content (AvgIpc) is 3.37. The molecule has 212 valence electrons. The van der Waals surface area contributed by atoms with Crippen molar-refractivity contribution in [3.8, 4) is 5.69 Å². The summed E-state index contributed by atoms with van der Waals surface area (Å²) in [6.07, 6.45) is 0. The fourth-order valence-corrected chi connectivity index (χ4v) is 5.87. The number of nitrogens with zero attached hydrogens (tertiary/aromatic N) is 5. The molecular formula is C35H30N6O2. The molecule has 3 heterocycles. The van der Waals surface area contributed by atoms with E-state index in [0.29, 0.717) is 17.2 Å². The van der Waals surface area contributed by atoms with E-state index in [1.54, 1.807) is 0 Å². The molecule has 0 amide bonds. The predicted molar refractivity (Wildman–Crippen MR) is 171 cm³/mol. The van der Waals surface area contributed by atoms with E-state index >= 15 is 0 Å². The molecule has 4 aromatic carbocycles. The number of esters is 1. The second kappa shape index (κ2) is 10.4. The number of anilines is 2. The Bertz CT molecular complexity index is 1940. The highest BCUT2D eigenvalue weighted by Gasteiger charge is 2.42. The summed E-state index contributed by atoms with van der Waals surface area (Å²) in [7, 11) is 1.39. The Kier molecular flexibility index (Phi) is 6.39. The van der Waals surface area contributed by atoms with Crippen molar-refractivity contribution >= 4 is 40.5 Å². The van der Waals surface area contributed by atoms with Gasteiger partial charge < -0.3 is 15.0 Å². The van der Waals surface area contributed by atoms with Gasteiger partial charge in [0.2, 0.25) is 0 Å². The zero-order valence-electron chi connectivity index (χ0n) is 24.4. The Balaban J connectivity index is 1.50. The number of hydrogen-bond donors (Lipinski definition) is 1. The molecule has 0 spiro atoms. The summed E-state index contributed by atoms with van der Waals surface area (Å²) in [5.74, 6) is 1.70. The number of aryl methyl sites for hydroxylation is 3. The zero-order valence-corrected chi connectivity index (χ0v) is 24.4. The van der Waals surface area contributed by atoms with Crippen LogP contribution >= 0.6 is 0 Å². The molecule has 1 aromatic heterocycles. The molecule has 2 aliphatic rings. The van der Waals surface area contributed by atoms with Crippen LogP contribution in [0.15, 0.2) is 107 Å². The van der Waals surface area contributed by atoms with Crippen molar-refractivity contribution in [1.82, 2.24) is 9.78 Å². The third-order valence-electron chi connectivity index (χ3n) is 7.91. The number of carbonyl (C=O) groups is 1. The van der Waals surface area contributed by atoms with Crippen molar-refractivity contribution in [1.29, 1.82) is 0 Å². The first-order valence-electron chi connectivity index (χ1n) is 14.2. The van der Waals surface area contributed by atoms with Gasteiger partial charge in [-0.05, 0) is 74.4 Å². The Morgan fingerprint density at radius 2 is 1.65 bits per heavy atom. The van der Waals surface area contributed by atoms with E-state index in [-0.39, 0.29) is 12.0 Å². The van der Waals surface area contributed by atoms with Crippen LogP contribution < -0.4 is 10.2 Å². The number of hydrogen-bond acceptors (Lipinski definition) is 6. The lowest BCUT2D eigenvalue weighted by Gasteiger charge is -2.42. The molecule has 8 nitrogen and oxygen atoms in total. The van der Waals surface area contributed by atoms with Crippen molar-refractivity contribution in [3.05, 3.63) is 131 Å². The van der Waals surface area contributed by atoms with Crippen LogP contribution in [0.4, 0.5) is 22.9 Å². The monoisotopic (exact) mass is 566 g/mol. The Morgan fingerprint density at radius 1 is 0.907 bits per heavy atom. The van der Waals surface area contributed by atoms with Crippen molar-refractivity contribution in [2.45, 2.75) is 26.8 Å². The van der Waals surface area contributed by atoms with Gasteiger partial charge in [-0.3, -0.25) is 0 Å². The van der Waals surface area contributed by atoms with Gasteiger partial charge in [-0.2, -0.15) is 5.10 Å². The number of amidine groups is 2. The third-order valence-corrected chi connectivity index (χ3v) is 7.91. The number of aromatic nitrogens is 2. The first-order valence-corrected chi connectivity index (χ1v) is 14.2. The van der Waals surface area contributed by atoms with Crippen LogP contribution in [0.3, 0.4) is 0 Å². The Morgan fingerprint density at radius 3 is 2.40 bits per heavy atom. The fourth-order valence-electron chi connectivity index (χ4n) is 5.87. The van der Waals surface area contributed by atoms with Crippen LogP contribution in [0.1, 0.15) is 44.3 Å². The van der Waals surface area contributed by atoms with Crippen molar-refractivity contribution in [3.63, 3.8) is 0 Å². The molecule has 43 heavy (non-hydrogen) atoms. The van der Waals surface area contributed by atoms with E-state index in [1.807, 2.05) is 84.4 Å². The van der Waals surface area contributed by atoms with Gasteiger partial charge in [0.05, 0.1) is 47.2 Å².